The fourth-order valence-corrected chi connectivity index (χ4v) is 3.94. The second-order valence-corrected chi connectivity index (χ2v) is 7.48. The van der Waals surface area contributed by atoms with Crippen molar-refractivity contribution in [1.29, 1.82) is 0 Å². The summed E-state index contributed by atoms with van der Waals surface area (Å²) in [5.74, 6) is 0.294. The maximum atomic E-state index is 13.0. The van der Waals surface area contributed by atoms with Crippen LogP contribution < -0.4 is 5.32 Å². The Bertz CT molecular complexity index is 951. The minimum Gasteiger partial charge on any atom is -0.508 e. The molecule has 1 aliphatic rings. The number of rotatable bonds is 5. The van der Waals surface area contributed by atoms with E-state index in [4.69, 9.17) is 0 Å². The van der Waals surface area contributed by atoms with Gasteiger partial charge >= 0.3 is 0 Å². The predicted octanol–water partition coefficient (Wildman–Crippen LogP) is 3.27. The van der Waals surface area contributed by atoms with Crippen LogP contribution in [0.5, 0.6) is 5.75 Å². The van der Waals surface area contributed by atoms with Crippen molar-refractivity contribution >= 4 is 11.6 Å². The van der Waals surface area contributed by atoms with E-state index in [1.54, 1.807) is 12.1 Å². The molecule has 28 heavy (non-hydrogen) atoms. The second kappa shape index (κ2) is 8.02. The molecule has 0 saturated carbocycles. The van der Waals surface area contributed by atoms with Crippen LogP contribution in [-0.4, -0.2) is 37.9 Å². The van der Waals surface area contributed by atoms with Crippen molar-refractivity contribution in [2.24, 2.45) is 0 Å². The van der Waals surface area contributed by atoms with Crippen molar-refractivity contribution in [3.05, 3.63) is 66.1 Å². The number of nitrogens with one attached hydrogen (secondary N) is 1. The molecule has 4 rings (SSSR count). The van der Waals surface area contributed by atoms with E-state index in [0.717, 1.165) is 42.7 Å². The van der Waals surface area contributed by atoms with Gasteiger partial charge in [0, 0.05) is 12.7 Å². The summed E-state index contributed by atoms with van der Waals surface area (Å²) in [6.45, 7) is 3.59. The van der Waals surface area contributed by atoms with Crippen LogP contribution in [-0.2, 0) is 11.3 Å². The summed E-state index contributed by atoms with van der Waals surface area (Å²) in [6, 6.07) is 12.7. The number of phenolic OH excluding ortho intramolecular Hbond substituents is 1. The van der Waals surface area contributed by atoms with Crippen LogP contribution in [0.1, 0.15) is 43.5 Å². The molecule has 0 bridgehead atoms. The second-order valence-electron chi connectivity index (χ2n) is 7.48. The van der Waals surface area contributed by atoms with E-state index in [0.29, 0.717) is 6.54 Å². The van der Waals surface area contributed by atoms with Crippen molar-refractivity contribution < 1.29 is 9.90 Å². The molecule has 3 heterocycles. The smallest absolute Gasteiger partial charge is 0.237 e. The zero-order chi connectivity index (χ0) is 19.5. The Morgan fingerprint density at radius 1 is 1.25 bits per heavy atom. The summed E-state index contributed by atoms with van der Waals surface area (Å²) in [4.78, 5) is 19.8. The standard InChI is InChI=1S/C22H26N4O2/c1-16(17-8-10-19(27)11-9-17)24-22(28)20-6-2-4-12-25(20)15-18-14-23-21-7-3-5-13-26(18)21/h3,5,7-11,13-14,16,20,27H,2,4,6,12,15H2,1H3,(H,24,28). The molecule has 3 aromatic rings. The van der Waals surface area contributed by atoms with Gasteiger partial charge in [-0.15, -0.1) is 0 Å². The lowest BCUT2D eigenvalue weighted by atomic mass is 10.00. The lowest BCUT2D eigenvalue weighted by Crippen LogP contribution is -2.49. The summed E-state index contributed by atoms with van der Waals surface area (Å²) in [5.41, 5.74) is 3.01. The Hall–Kier alpha value is -2.86. The maximum absolute atomic E-state index is 13.0. The Morgan fingerprint density at radius 2 is 2.07 bits per heavy atom. The van der Waals surface area contributed by atoms with E-state index in [-0.39, 0.29) is 23.7 Å². The SMILES string of the molecule is CC(NC(=O)C1CCCCN1Cc1cnc2ccccn12)c1ccc(O)cc1. The van der Waals surface area contributed by atoms with Crippen molar-refractivity contribution in [3.63, 3.8) is 0 Å². The molecule has 1 amide bonds. The zero-order valence-corrected chi connectivity index (χ0v) is 16.1. The van der Waals surface area contributed by atoms with E-state index < -0.39 is 0 Å². The number of phenols is 1. The molecule has 0 spiro atoms. The van der Waals surface area contributed by atoms with Crippen LogP contribution in [0.4, 0.5) is 0 Å². The Kier molecular flexibility index (Phi) is 5.30. The average Bonchev–Trinajstić information content (AvgIpc) is 3.12. The van der Waals surface area contributed by atoms with Gasteiger partial charge in [-0.1, -0.05) is 24.6 Å². The van der Waals surface area contributed by atoms with Gasteiger partial charge in [-0.05, 0) is 56.1 Å². The highest BCUT2D eigenvalue weighted by Crippen LogP contribution is 2.22. The van der Waals surface area contributed by atoms with Crippen LogP contribution in [0.25, 0.3) is 5.65 Å². The summed E-state index contributed by atoms with van der Waals surface area (Å²) in [7, 11) is 0. The fourth-order valence-electron chi connectivity index (χ4n) is 3.94. The number of hydrogen-bond donors (Lipinski definition) is 2. The third-order valence-electron chi connectivity index (χ3n) is 5.53. The highest BCUT2D eigenvalue weighted by molar-refractivity contribution is 5.82. The minimum absolute atomic E-state index is 0.0640. The monoisotopic (exact) mass is 378 g/mol. The van der Waals surface area contributed by atoms with Gasteiger partial charge in [0.1, 0.15) is 11.4 Å². The maximum Gasteiger partial charge on any atom is 0.237 e. The number of hydrogen-bond acceptors (Lipinski definition) is 4. The van der Waals surface area contributed by atoms with Gasteiger partial charge in [0.25, 0.3) is 0 Å². The predicted molar refractivity (Wildman–Crippen MR) is 108 cm³/mol. The number of fused-ring (bicyclic) bond motifs is 1. The average molecular weight is 378 g/mol. The molecule has 1 aromatic carbocycles. The van der Waals surface area contributed by atoms with E-state index in [1.165, 1.54) is 0 Å². The number of nitrogens with zero attached hydrogens (tertiary/aromatic N) is 3. The number of imidazole rings is 1. The third-order valence-corrected chi connectivity index (χ3v) is 5.53. The van der Waals surface area contributed by atoms with Gasteiger partial charge in [0.2, 0.25) is 5.91 Å². The number of aromatic hydroxyl groups is 1. The van der Waals surface area contributed by atoms with Crippen molar-refractivity contribution in [1.82, 2.24) is 19.6 Å². The van der Waals surface area contributed by atoms with Crippen LogP contribution in [0, 0.1) is 0 Å². The first-order valence-electron chi connectivity index (χ1n) is 9.86. The van der Waals surface area contributed by atoms with Crippen LogP contribution in [0.3, 0.4) is 0 Å². The van der Waals surface area contributed by atoms with Gasteiger partial charge in [0.15, 0.2) is 0 Å². The normalized spacial score (nSPS) is 18.8. The lowest BCUT2D eigenvalue weighted by Gasteiger charge is -2.35. The zero-order valence-electron chi connectivity index (χ0n) is 16.1. The summed E-state index contributed by atoms with van der Waals surface area (Å²) >= 11 is 0. The van der Waals surface area contributed by atoms with Crippen LogP contribution >= 0.6 is 0 Å². The first-order valence-corrected chi connectivity index (χ1v) is 9.86. The quantitative estimate of drug-likeness (QED) is 0.715. The van der Waals surface area contributed by atoms with Crippen molar-refractivity contribution in [2.75, 3.05) is 6.54 Å². The van der Waals surface area contributed by atoms with Gasteiger partial charge < -0.3 is 14.8 Å². The fraction of sp³-hybridized carbons (Fsp3) is 0.364. The van der Waals surface area contributed by atoms with Gasteiger partial charge in [-0.25, -0.2) is 4.98 Å². The Morgan fingerprint density at radius 3 is 2.89 bits per heavy atom. The van der Waals surface area contributed by atoms with E-state index in [1.807, 2.05) is 49.6 Å². The summed E-state index contributed by atoms with van der Waals surface area (Å²) in [5, 5.41) is 12.6. The number of carbonyl (C=O) groups excluding carboxylic acids is 1. The summed E-state index contributed by atoms with van der Waals surface area (Å²) in [6.07, 6.45) is 6.95. The number of amides is 1. The van der Waals surface area contributed by atoms with E-state index in [9.17, 15) is 9.90 Å². The molecule has 2 N–H and O–H groups in total. The van der Waals surface area contributed by atoms with Gasteiger partial charge in [-0.2, -0.15) is 0 Å². The third kappa shape index (κ3) is 3.87. The van der Waals surface area contributed by atoms with Crippen molar-refractivity contribution in [2.45, 2.75) is 44.8 Å². The molecule has 0 aliphatic carbocycles. The lowest BCUT2D eigenvalue weighted by molar-refractivity contribution is -0.128. The van der Waals surface area contributed by atoms with E-state index >= 15 is 0 Å². The highest BCUT2D eigenvalue weighted by atomic mass is 16.3. The highest BCUT2D eigenvalue weighted by Gasteiger charge is 2.30. The number of piperidine rings is 1. The number of likely N-dealkylation sites (tertiary alicyclic amines) is 1. The molecule has 1 saturated heterocycles. The number of benzene rings is 1. The molecule has 1 fully saturated rings. The topological polar surface area (TPSA) is 69.9 Å². The number of aromatic nitrogens is 2. The molecule has 146 valence electrons. The molecule has 2 unspecified atom stereocenters. The van der Waals surface area contributed by atoms with E-state index in [2.05, 4.69) is 19.6 Å². The molecule has 6 nitrogen and oxygen atoms in total. The number of pyridine rings is 1. The molecule has 2 atom stereocenters. The Balaban J connectivity index is 1.47. The molecular formula is C22H26N4O2. The molecule has 1 aliphatic heterocycles. The first kappa shape index (κ1) is 18.5. The molecule has 2 aromatic heterocycles. The molecule has 0 radical (unpaired) electrons. The first-order chi connectivity index (χ1) is 13.6. The van der Waals surface area contributed by atoms with Gasteiger partial charge in [-0.3, -0.25) is 9.69 Å². The minimum atomic E-state index is -0.137. The largest absolute Gasteiger partial charge is 0.508 e. The van der Waals surface area contributed by atoms with Gasteiger partial charge in [0.05, 0.1) is 24.0 Å². The molecule has 6 heteroatoms. The van der Waals surface area contributed by atoms with Crippen LogP contribution in [0.2, 0.25) is 0 Å². The summed E-state index contributed by atoms with van der Waals surface area (Å²) < 4.78 is 2.09. The number of carbonyl (C=O) groups is 1. The van der Waals surface area contributed by atoms with Crippen molar-refractivity contribution in [3.8, 4) is 5.75 Å². The Labute approximate surface area is 164 Å². The van der Waals surface area contributed by atoms with Crippen LogP contribution in [0.15, 0.2) is 54.9 Å². The molecular weight excluding hydrogens is 352 g/mol.